The summed E-state index contributed by atoms with van der Waals surface area (Å²) >= 11 is 0. The number of hydrogen-bond donors (Lipinski definition) is 3. The van der Waals surface area contributed by atoms with Crippen LogP contribution in [0.2, 0.25) is 0 Å². The van der Waals surface area contributed by atoms with Crippen LogP contribution in [0.5, 0.6) is 0 Å². The SMILES string of the molecule is CC(C)CC(Cc1ncc[nH]1)Nc1nc(N2CCC3(CN(C(=O)O)C3)C2)nc2c1CCCC2. The van der Waals surface area contributed by atoms with Gasteiger partial charge in [-0.1, -0.05) is 13.8 Å². The van der Waals surface area contributed by atoms with Gasteiger partial charge in [0.2, 0.25) is 5.95 Å². The highest BCUT2D eigenvalue weighted by atomic mass is 16.4. The zero-order valence-electron chi connectivity index (χ0n) is 19.7. The molecule has 178 valence electrons. The summed E-state index contributed by atoms with van der Waals surface area (Å²) in [5.74, 6) is 3.33. The number of aryl methyl sites for hydroxylation is 1. The summed E-state index contributed by atoms with van der Waals surface area (Å²) in [5, 5.41) is 13.0. The lowest BCUT2D eigenvalue weighted by Gasteiger charge is -2.46. The van der Waals surface area contributed by atoms with Crippen molar-refractivity contribution < 1.29 is 9.90 Å². The van der Waals surface area contributed by atoms with Gasteiger partial charge in [0.1, 0.15) is 11.6 Å². The number of amides is 1. The van der Waals surface area contributed by atoms with Crippen molar-refractivity contribution in [3.8, 4) is 0 Å². The second-order valence-electron chi connectivity index (χ2n) is 10.5. The van der Waals surface area contributed by atoms with E-state index < -0.39 is 6.09 Å². The van der Waals surface area contributed by atoms with E-state index in [0.717, 1.165) is 62.8 Å². The molecule has 3 aliphatic rings. The average Bonchev–Trinajstić information content (AvgIpc) is 3.42. The minimum atomic E-state index is -0.816. The maximum absolute atomic E-state index is 11.2. The fourth-order valence-corrected chi connectivity index (χ4v) is 5.70. The van der Waals surface area contributed by atoms with E-state index in [1.165, 1.54) is 29.0 Å². The molecule has 1 aliphatic carbocycles. The van der Waals surface area contributed by atoms with Crippen molar-refractivity contribution in [3.05, 3.63) is 29.5 Å². The quantitative estimate of drug-likeness (QED) is 0.590. The van der Waals surface area contributed by atoms with Crippen LogP contribution in [0, 0.1) is 11.3 Å². The molecule has 0 saturated carbocycles. The molecule has 0 radical (unpaired) electrons. The summed E-state index contributed by atoms with van der Waals surface area (Å²) in [5.41, 5.74) is 2.51. The molecule has 33 heavy (non-hydrogen) atoms. The molecule has 1 atom stereocenters. The van der Waals surface area contributed by atoms with Crippen LogP contribution < -0.4 is 10.2 Å². The van der Waals surface area contributed by atoms with Crippen LogP contribution in [-0.2, 0) is 19.3 Å². The molecule has 9 heteroatoms. The van der Waals surface area contributed by atoms with Gasteiger partial charge in [0.15, 0.2) is 0 Å². The third-order valence-electron chi connectivity index (χ3n) is 7.31. The van der Waals surface area contributed by atoms with E-state index in [2.05, 4.69) is 34.0 Å². The van der Waals surface area contributed by atoms with E-state index in [1.54, 1.807) is 0 Å². The Morgan fingerprint density at radius 1 is 1.24 bits per heavy atom. The van der Waals surface area contributed by atoms with E-state index in [4.69, 9.17) is 9.97 Å². The van der Waals surface area contributed by atoms with Crippen molar-refractivity contribution in [2.24, 2.45) is 11.3 Å². The highest BCUT2D eigenvalue weighted by molar-refractivity contribution is 5.66. The number of hydrogen-bond acceptors (Lipinski definition) is 6. The Hall–Kier alpha value is -2.84. The Bertz CT molecular complexity index is 985. The first-order valence-corrected chi connectivity index (χ1v) is 12.3. The summed E-state index contributed by atoms with van der Waals surface area (Å²) in [6, 6.07) is 0.241. The molecule has 0 aromatic carbocycles. The third-order valence-corrected chi connectivity index (χ3v) is 7.31. The van der Waals surface area contributed by atoms with Gasteiger partial charge in [-0.15, -0.1) is 0 Å². The van der Waals surface area contributed by atoms with Gasteiger partial charge in [0.25, 0.3) is 0 Å². The molecule has 4 heterocycles. The summed E-state index contributed by atoms with van der Waals surface area (Å²) in [6.07, 6.45) is 10.1. The van der Waals surface area contributed by atoms with Crippen molar-refractivity contribution in [1.82, 2.24) is 24.8 Å². The average molecular weight is 454 g/mol. The van der Waals surface area contributed by atoms with E-state index >= 15 is 0 Å². The number of rotatable bonds is 7. The maximum atomic E-state index is 11.2. The lowest BCUT2D eigenvalue weighted by atomic mass is 9.79. The fourth-order valence-electron chi connectivity index (χ4n) is 5.70. The lowest BCUT2D eigenvalue weighted by molar-refractivity contribution is 0.0251. The second-order valence-corrected chi connectivity index (χ2v) is 10.5. The second kappa shape index (κ2) is 8.83. The standard InChI is InChI=1S/C24H35N7O2/c1-16(2)11-17(12-20-25-8-9-26-20)27-21-18-5-3-4-6-19(18)28-22(29-21)30-10-7-24(13-30)14-31(15-24)23(32)33/h8-9,16-17H,3-7,10-15H2,1-2H3,(H,25,26)(H,32,33)(H,27,28,29). The third kappa shape index (κ3) is 4.63. The van der Waals surface area contributed by atoms with Crippen LogP contribution in [0.15, 0.2) is 12.4 Å². The molecule has 2 aliphatic heterocycles. The molecule has 2 saturated heterocycles. The Morgan fingerprint density at radius 3 is 2.79 bits per heavy atom. The van der Waals surface area contributed by atoms with Gasteiger partial charge >= 0.3 is 6.09 Å². The molecule has 9 nitrogen and oxygen atoms in total. The van der Waals surface area contributed by atoms with Gasteiger partial charge in [-0.3, -0.25) is 0 Å². The van der Waals surface area contributed by atoms with E-state index in [9.17, 15) is 9.90 Å². The number of carbonyl (C=O) groups is 1. The molecule has 1 unspecified atom stereocenters. The molecular weight excluding hydrogens is 418 g/mol. The highest BCUT2D eigenvalue weighted by Gasteiger charge is 2.50. The number of nitrogens with one attached hydrogen (secondary N) is 2. The Labute approximate surface area is 195 Å². The van der Waals surface area contributed by atoms with Crippen LogP contribution in [-0.4, -0.2) is 68.3 Å². The molecule has 2 aromatic heterocycles. The van der Waals surface area contributed by atoms with Crippen LogP contribution in [0.4, 0.5) is 16.6 Å². The molecule has 3 N–H and O–H groups in total. The maximum Gasteiger partial charge on any atom is 0.407 e. The molecule has 0 bridgehead atoms. The van der Waals surface area contributed by atoms with Crippen LogP contribution in [0.1, 0.15) is 56.6 Å². The number of aromatic nitrogens is 4. The predicted molar refractivity (Wildman–Crippen MR) is 127 cm³/mol. The van der Waals surface area contributed by atoms with Crippen LogP contribution in [0.25, 0.3) is 0 Å². The number of carboxylic acid groups (broad SMARTS) is 1. The predicted octanol–water partition coefficient (Wildman–Crippen LogP) is 3.34. The van der Waals surface area contributed by atoms with Gasteiger partial charge in [-0.05, 0) is 44.4 Å². The van der Waals surface area contributed by atoms with Gasteiger partial charge in [0, 0.05) is 62.0 Å². The van der Waals surface area contributed by atoms with Crippen molar-refractivity contribution in [2.75, 3.05) is 36.4 Å². The number of imidazole rings is 1. The van der Waals surface area contributed by atoms with Crippen molar-refractivity contribution >= 4 is 17.9 Å². The minimum absolute atomic E-state index is 0.0602. The Kier molecular flexibility index (Phi) is 5.88. The molecule has 5 rings (SSSR count). The monoisotopic (exact) mass is 453 g/mol. The zero-order chi connectivity index (χ0) is 23.0. The summed E-state index contributed by atoms with van der Waals surface area (Å²) in [4.78, 5) is 32.8. The number of aromatic amines is 1. The van der Waals surface area contributed by atoms with E-state index in [-0.39, 0.29) is 11.5 Å². The highest BCUT2D eigenvalue weighted by Crippen LogP contribution is 2.41. The van der Waals surface area contributed by atoms with Gasteiger partial charge in [0.05, 0.1) is 5.69 Å². The number of anilines is 2. The summed E-state index contributed by atoms with van der Waals surface area (Å²) in [6.45, 7) is 7.45. The first kappa shape index (κ1) is 22.0. The minimum Gasteiger partial charge on any atom is -0.465 e. The van der Waals surface area contributed by atoms with Gasteiger partial charge < -0.3 is 25.2 Å². The van der Waals surface area contributed by atoms with Crippen molar-refractivity contribution in [1.29, 1.82) is 0 Å². The number of likely N-dealkylation sites (tertiary alicyclic amines) is 1. The van der Waals surface area contributed by atoms with Gasteiger partial charge in [-0.25, -0.2) is 14.8 Å². The number of H-pyrrole nitrogens is 1. The molecule has 2 fully saturated rings. The van der Waals surface area contributed by atoms with Crippen LogP contribution in [0.3, 0.4) is 0 Å². The fraction of sp³-hybridized carbons (Fsp3) is 0.667. The van der Waals surface area contributed by atoms with Crippen molar-refractivity contribution in [2.45, 2.75) is 64.8 Å². The first-order valence-electron chi connectivity index (χ1n) is 12.3. The lowest BCUT2D eigenvalue weighted by Crippen LogP contribution is -2.59. The number of nitrogens with zero attached hydrogens (tertiary/aromatic N) is 5. The van der Waals surface area contributed by atoms with Crippen molar-refractivity contribution in [3.63, 3.8) is 0 Å². The topological polar surface area (TPSA) is 110 Å². The Morgan fingerprint density at radius 2 is 2.06 bits per heavy atom. The van der Waals surface area contributed by atoms with Crippen LogP contribution >= 0.6 is 0 Å². The normalized spacial score (nSPS) is 20.1. The Balaban J connectivity index is 1.38. The number of fused-ring (bicyclic) bond motifs is 1. The molecular formula is C24H35N7O2. The summed E-state index contributed by atoms with van der Waals surface area (Å²) < 4.78 is 0. The van der Waals surface area contributed by atoms with E-state index in [1.807, 2.05) is 12.4 Å². The van der Waals surface area contributed by atoms with E-state index in [0.29, 0.717) is 19.0 Å². The molecule has 2 aromatic rings. The molecule has 1 spiro atoms. The summed E-state index contributed by atoms with van der Waals surface area (Å²) in [7, 11) is 0. The largest absolute Gasteiger partial charge is 0.465 e. The smallest absolute Gasteiger partial charge is 0.407 e. The van der Waals surface area contributed by atoms with Gasteiger partial charge in [-0.2, -0.15) is 4.98 Å². The molecule has 1 amide bonds. The zero-order valence-corrected chi connectivity index (χ0v) is 19.7. The first-order chi connectivity index (χ1) is 15.9.